The molecule has 0 spiro atoms. The lowest BCUT2D eigenvalue weighted by Crippen LogP contribution is -2.45. The number of aryl methyl sites for hydroxylation is 1. The minimum atomic E-state index is -0.742. The van der Waals surface area contributed by atoms with Crippen molar-refractivity contribution in [3.63, 3.8) is 0 Å². The highest BCUT2D eigenvalue weighted by Crippen LogP contribution is 2.45. The van der Waals surface area contributed by atoms with Crippen molar-refractivity contribution >= 4 is 0 Å². The van der Waals surface area contributed by atoms with Crippen LogP contribution in [0.15, 0.2) is 18.2 Å². The van der Waals surface area contributed by atoms with Crippen molar-refractivity contribution < 1.29 is 19.0 Å². The fourth-order valence-electron chi connectivity index (χ4n) is 5.35. The first-order chi connectivity index (χ1) is 15.1. The molecule has 6 heteroatoms. The molecule has 0 radical (unpaired) electrons. The fourth-order valence-corrected chi connectivity index (χ4v) is 5.35. The van der Waals surface area contributed by atoms with Gasteiger partial charge >= 0.3 is 0 Å². The second kappa shape index (κ2) is 12.4. The Balaban J connectivity index is 1.81. The van der Waals surface area contributed by atoms with Gasteiger partial charge in [-0.15, -0.1) is 0 Å². The van der Waals surface area contributed by atoms with E-state index in [2.05, 4.69) is 38.0 Å². The third-order valence-electron chi connectivity index (χ3n) is 6.87. The Morgan fingerprint density at radius 1 is 1.25 bits per heavy atom. The zero-order valence-electron chi connectivity index (χ0n) is 21.0. The summed E-state index contributed by atoms with van der Waals surface area (Å²) in [6.07, 6.45) is 3.21. The molecule has 1 aliphatic rings. The zero-order valence-corrected chi connectivity index (χ0v) is 21.0. The molecule has 0 fully saturated rings. The summed E-state index contributed by atoms with van der Waals surface area (Å²) < 4.78 is 24.4. The van der Waals surface area contributed by atoms with Crippen LogP contribution < -0.4 is 5.32 Å². The molecule has 2 rings (SSSR count). The smallest absolute Gasteiger partial charge is 0.123 e. The summed E-state index contributed by atoms with van der Waals surface area (Å²) in [4.78, 5) is 2.31. The van der Waals surface area contributed by atoms with E-state index in [-0.39, 0.29) is 17.2 Å². The van der Waals surface area contributed by atoms with E-state index in [4.69, 9.17) is 9.47 Å². The maximum absolute atomic E-state index is 13.7. The van der Waals surface area contributed by atoms with Crippen LogP contribution in [0, 0.1) is 17.2 Å². The lowest BCUT2D eigenvalue weighted by atomic mass is 9.66. The van der Waals surface area contributed by atoms with E-state index in [0.29, 0.717) is 25.6 Å². The third-order valence-corrected chi connectivity index (χ3v) is 6.87. The number of nitrogens with zero attached hydrogens (tertiary/aromatic N) is 1. The fraction of sp³-hybridized carbons (Fsp3) is 0.769. The number of halogens is 1. The second-order valence-corrected chi connectivity index (χ2v) is 10.4. The molecule has 1 aromatic rings. The minimum absolute atomic E-state index is 0.0231. The average molecular weight is 453 g/mol. The number of ether oxygens (including phenoxy) is 2. The van der Waals surface area contributed by atoms with Crippen molar-refractivity contribution in [1.82, 2.24) is 10.2 Å². The van der Waals surface area contributed by atoms with Crippen LogP contribution in [0.3, 0.4) is 0 Å². The van der Waals surface area contributed by atoms with E-state index in [1.807, 2.05) is 6.07 Å². The first-order valence-electron chi connectivity index (χ1n) is 12.0. The second-order valence-electron chi connectivity index (χ2n) is 10.4. The van der Waals surface area contributed by atoms with E-state index >= 15 is 0 Å². The molecule has 0 aliphatic heterocycles. The summed E-state index contributed by atoms with van der Waals surface area (Å²) in [5.74, 6) is 0.156. The first-order valence-corrected chi connectivity index (χ1v) is 12.0. The standard InChI is InChI=1S/C26H45FN2O3/c1-20(2)24-23-9-8-22(27)16-21(23)10-11-26(24,30)12-15-29(4)14-7-13-28-17-25(3,18-31-5)19-32-6/h8-9,16,20,24,28,30H,7,10-15,17-19H2,1-6H3/t24-,26?/m0/s1. The van der Waals surface area contributed by atoms with Crippen molar-refractivity contribution in [1.29, 1.82) is 0 Å². The van der Waals surface area contributed by atoms with Gasteiger partial charge in [-0.05, 0) is 75.0 Å². The van der Waals surface area contributed by atoms with Crippen LogP contribution in [-0.4, -0.2) is 76.3 Å². The van der Waals surface area contributed by atoms with Gasteiger partial charge < -0.3 is 24.8 Å². The SMILES string of the molecule is COCC(C)(CNCCCN(C)CCC1(O)CCc2cc(F)ccc2[C@@H]1C(C)C)COC. The molecular weight excluding hydrogens is 407 g/mol. The Bertz CT molecular complexity index is 694. The molecule has 0 aromatic heterocycles. The van der Waals surface area contributed by atoms with Crippen LogP contribution in [0.5, 0.6) is 0 Å². The number of hydrogen-bond acceptors (Lipinski definition) is 5. The summed E-state index contributed by atoms with van der Waals surface area (Å²) in [6.45, 7) is 11.4. The molecule has 2 N–H and O–H groups in total. The van der Waals surface area contributed by atoms with Crippen molar-refractivity contribution in [2.24, 2.45) is 11.3 Å². The molecule has 0 bridgehead atoms. The van der Waals surface area contributed by atoms with Crippen molar-refractivity contribution in [3.05, 3.63) is 35.1 Å². The molecule has 1 unspecified atom stereocenters. The van der Waals surface area contributed by atoms with Gasteiger partial charge in [-0.3, -0.25) is 0 Å². The molecule has 184 valence electrons. The summed E-state index contributed by atoms with van der Waals surface area (Å²) in [6, 6.07) is 5.06. The monoisotopic (exact) mass is 452 g/mol. The summed E-state index contributed by atoms with van der Waals surface area (Å²) in [5, 5.41) is 15.1. The summed E-state index contributed by atoms with van der Waals surface area (Å²) in [5.41, 5.74) is 1.41. The molecule has 32 heavy (non-hydrogen) atoms. The lowest BCUT2D eigenvalue weighted by Gasteiger charge is -2.44. The Labute approximate surface area is 194 Å². The van der Waals surface area contributed by atoms with Crippen LogP contribution in [0.1, 0.15) is 57.1 Å². The third kappa shape index (κ3) is 7.49. The largest absolute Gasteiger partial charge is 0.389 e. The molecule has 2 atom stereocenters. The Hall–Kier alpha value is -1.05. The quantitative estimate of drug-likeness (QED) is 0.420. The van der Waals surface area contributed by atoms with Crippen LogP contribution in [0.25, 0.3) is 0 Å². The highest BCUT2D eigenvalue weighted by molar-refractivity contribution is 5.36. The number of rotatable bonds is 14. The predicted molar refractivity (Wildman–Crippen MR) is 129 cm³/mol. The lowest BCUT2D eigenvalue weighted by molar-refractivity contribution is -0.0301. The van der Waals surface area contributed by atoms with Crippen LogP contribution >= 0.6 is 0 Å². The molecular formula is C26H45FN2O3. The zero-order chi connectivity index (χ0) is 23.8. The van der Waals surface area contributed by atoms with Crippen molar-refractivity contribution in [3.8, 4) is 0 Å². The van der Waals surface area contributed by atoms with Gasteiger partial charge in [0.1, 0.15) is 5.82 Å². The number of fused-ring (bicyclic) bond motifs is 1. The Morgan fingerprint density at radius 3 is 2.56 bits per heavy atom. The number of methoxy groups -OCH3 is 2. The summed E-state index contributed by atoms with van der Waals surface area (Å²) >= 11 is 0. The molecule has 0 heterocycles. The van der Waals surface area contributed by atoms with Gasteiger partial charge in [0, 0.05) is 38.6 Å². The van der Waals surface area contributed by atoms with Gasteiger partial charge in [0.05, 0.1) is 18.8 Å². The van der Waals surface area contributed by atoms with Gasteiger partial charge in [0.15, 0.2) is 0 Å². The molecule has 1 aliphatic carbocycles. The van der Waals surface area contributed by atoms with Gasteiger partial charge in [0.25, 0.3) is 0 Å². The van der Waals surface area contributed by atoms with Crippen molar-refractivity contribution in [2.75, 3.05) is 60.7 Å². The Kier molecular flexibility index (Phi) is 10.6. The van der Waals surface area contributed by atoms with Gasteiger partial charge in [-0.2, -0.15) is 0 Å². The van der Waals surface area contributed by atoms with Crippen LogP contribution in [0.2, 0.25) is 0 Å². The number of nitrogens with one attached hydrogen (secondary N) is 1. The molecule has 0 amide bonds. The van der Waals surface area contributed by atoms with Crippen LogP contribution in [-0.2, 0) is 15.9 Å². The first kappa shape index (κ1) is 27.2. The van der Waals surface area contributed by atoms with E-state index in [1.54, 1.807) is 20.3 Å². The maximum atomic E-state index is 13.7. The Morgan fingerprint density at radius 2 is 1.94 bits per heavy atom. The maximum Gasteiger partial charge on any atom is 0.123 e. The van der Waals surface area contributed by atoms with E-state index in [0.717, 1.165) is 56.6 Å². The van der Waals surface area contributed by atoms with Crippen LogP contribution in [0.4, 0.5) is 4.39 Å². The van der Waals surface area contributed by atoms with Gasteiger partial charge in [-0.25, -0.2) is 4.39 Å². The average Bonchev–Trinajstić information content (AvgIpc) is 2.72. The summed E-state index contributed by atoms with van der Waals surface area (Å²) in [7, 11) is 5.58. The highest BCUT2D eigenvalue weighted by Gasteiger charge is 2.43. The normalized spacial score (nSPS) is 21.4. The van der Waals surface area contributed by atoms with Crippen molar-refractivity contribution in [2.45, 2.75) is 58.0 Å². The topological polar surface area (TPSA) is 54.0 Å². The van der Waals surface area contributed by atoms with E-state index in [1.165, 1.54) is 6.07 Å². The molecule has 5 nitrogen and oxygen atoms in total. The van der Waals surface area contributed by atoms with Gasteiger partial charge in [-0.1, -0.05) is 26.8 Å². The highest BCUT2D eigenvalue weighted by atomic mass is 19.1. The molecule has 0 saturated carbocycles. The molecule has 0 saturated heterocycles. The molecule has 1 aromatic carbocycles. The number of hydrogen-bond donors (Lipinski definition) is 2. The predicted octanol–water partition coefficient (Wildman–Crippen LogP) is 3.84. The van der Waals surface area contributed by atoms with Gasteiger partial charge in [0.2, 0.25) is 0 Å². The van der Waals surface area contributed by atoms with E-state index in [9.17, 15) is 9.50 Å². The van der Waals surface area contributed by atoms with E-state index < -0.39 is 5.60 Å². The number of aliphatic hydroxyl groups is 1. The number of benzene rings is 1. The minimum Gasteiger partial charge on any atom is -0.389 e.